The predicted octanol–water partition coefficient (Wildman–Crippen LogP) is 3.18. The first-order valence-corrected chi connectivity index (χ1v) is 10.7. The Hall–Kier alpha value is -3.19. The maximum atomic E-state index is 13.4. The van der Waals surface area contributed by atoms with E-state index in [0.717, 1.165) is 44.1 Å². The molecule has 6 nitrogen and oxygen atoms in total. The van der Waals surface area contributed by atoms with Crippen LogP contribution in [-0.2, 0) is 9.59 Å². The van der Waals surface area contributed by atoms with Crippen molar-refractivity contribution in [2.45, 2.75) is 13.8 Å². The van der Waals surface area contributed by atoms with Crippen molar-refractivity contribution in [1.29, 1.82) is 0 Å². The molecule has 0 radical (unpaired) electrons. The zero-order valence-electron chi connectivity index (χ0n) is 17.9. The van der Waals surface area contributed by atoms with Gasteiger partial charge in [-0.25, -0.2) is 4.39 Å². The monoisotopic (exact) mass is 422 g/mol. The first kappa shape index (κ1) is 21.1. The van der Waals surface area contributed by atoms with Gasteiger partial charge in [-0.1, -0.05) is 19.1 Å². The average Bonchev–Trinajstić information content (AvgIpc) is 3.03. The number of rotatable bonds is 6. The average molecular weight is 423 g/mol. The van der Waals surface area contributed by atoms with Gasteiger partial charge in [0.15, 0.2) is 0 Å². The Balaban J connectivity index is 1.57. The van der Waals surface area contributed by atoms with Gasteiger partial charge >= 0.3 is 0 Å². The molecule has 2 aromatic rings. The van der Waals surface area contributed by atoms with Crippen LogP contribution in [0.5, 0.6) is 0 Å². The van der Waals surface area contributed by atoms with Crippen LogP contribution < -0.4 is 10.2 Å². The molecule has 0 aliphatic carbocycles. The van der Waals surface area contributed by atoms with E-state index in [2.05, 4.69) is 22.0 Å². The molecular formula is C24H27FN4O2. The highest BCUT2D eigenvalue weighted by Gasteiger charge is 2.38. The minimum absolute atomic E-state index is 0.225. The molecule has 7 heteroatoms. The Morgan fingerprint density at radius 2 is 1.48 bits per heavy atom. The number of hydrogen-bond donors (Lipinski definition) is 1. The second kappa shape index (κ2) is 8.89. The van der Waals surface area contributed by atoms with Crippen LogP contribution in [0.25, 0.3) is 5.57 Å². The topological polar surface area (TPSA) is 55.9 Å². The Morgan fingerprint density at radius 1 is 0.839 bits per heavy atom. The summed E-state index contributed by atoms with van der Waals surface area (Å²) in [5.41, 5.74) is 2.88. The highest BCUT2D eigenvalue weighted by Crippen LogP contribution is 2.31. The Morgan fingerprint density at radius 3 is 2.06 bits per heavy atom. The number of likely N-dealkylation sites (N-methyl/N-ethyl adjacent to an activating group) is 2. The molecule has 1 N–H and O–H groups in total. The van der Waals surface area contributed by atoms with Crippen LogP contribution in [0.3, 0.4) is 0 Å². The highest BCUT2D eigenvalue weighted by molar-refractivity contribution is 6.36. The van der Waals surface area contributed by atoms with E-state index in [1.165, 1.54) is 29.2 Å². The van der Waals surface area contributed by atoms with Crippen LogP contribution in [0.2, 0.25) is 0 Å². The first-order chi connectivity index (χ1) is 15.0. The maximum absolute atomic E-state index is 13.4. The molecule has 0 aromatic heterocycles. The molecule has 0 saturated carbocycles. The number of carbonyl (C=O) groups excluding carboxylic acids is 2. The van der Waals surface area contributed by atoms with E-state index in [9.17, 15) is 14.0 Å². The third-order valence-corrected chi connectivity index (χ3v) is 5.94. The summed E-state index contributed by atoms with van der Waals surface area (Å²) in [5.74, 6) is -1.13. The van der Waals surface area contributed by atoms with Crippen molar-refractivity contribution in [1.82, 2.24) is 9.80 Å². The predicted molar refractivity (Wildman–Crippen MR) is 120 cm³/mol. The van der Waals surface area contributed by atoms with Crippen molar-refractivity contribution in [2.75, 3.05) is 49.5 Å². The summed E-state index contributed by atoms with van der Waals surface area (Å²) < 4.78 is 13.4. The number of nitrogens with zero attached hydrogens (tertiary/aromatic N) is 3. The lowest BCUT2D eigenvalue weighted by atomic mass is 10.0. The molecule has 162 valence electrons. The number of halogens is 1. The van der Waals surface area contributed by atoms with Gasteiger partial charge in [-0.15, -0.1) is 0 Å². The van der Waals surface area contributed by atoms with Gasteiger partial charge in [-0.05, 0) is 55.4 Å². The molecule has 0 unspecified atom stereocenters. The van der Waals surface area contributed by atoms with Crippen molar-refractivity contribution in [3.63, 3.8) is 0 Å². The summed E-state index contributed by atoms with van der Waals surface area (Å²) in [6, 6.07) is 13.5. The smallest absolute Gasteiger partial charge is 0.278 e. The van der Waals surface area contributed by atoms with Crippen molar-refractivity contribution in [3.8, 4) is 0 Å². The van der Waals surface area contributed by atoms with E-state index in [-0.39, 0.29) is 29.6 Å². The molecule has 4 rings (SSSR count). The van der Waals surface area contributed by atoms with E-state index in [1.54, 1.807) is 6.92 Å². The zero-order valence-corrected chi connectivity index (χ0v) is 17.9. The SMILES string of the molecule is CCN1CCN(c2ccc(NC3=C(c4ccc(F)cc4)C(=O)N(CC)C3=O)cc2)CC1. The lowest BCUT2D eigenvalue weighted by molar-refractivity contribution is -0.136. The van der Waals surface area contributed by atoms with Gasteiger partial charge in [0.25, 0.3) is 11.8 Å². The lowest BCUT2D eigenvalue weighted by Gasteiger charge is -2.35. The molecule has 1 fully saturated rings. The Labute approximate surface area is 181 Å². The summed E-state index contributed by atoms with van der Waals surface area (Å²) in [4.78, 5) is 31.7. The van der Waals surface area contributed by atoms with E-state index < -0.39 is 5.82 Å². The fourth-order valence-corrected chi connectivity index (χ4v) is 4.09. The number of amides is 2. The molecular weight excluding hydrogens is 395 g/mol. The summed E-state index contributed by atoms with van der Waals surface area (Å²) in [7, 11) is 0. The van der Waals surface area contributed by atoms with Crippen LogP contribution in [-0.4, -0.2) is 60.9 Å². The number of benzene rings is 2. The van der Waals surface area contributed by atoms with E-state index in [0.29, 0.717) is 5.56 Å². The third-order valence-electron chi connectivity index (χ3n) is 5.94. The summed E-state index contributed by atoms with van der Waals surface area (Å²) in [6.45, 7) is 9.35. The van der Waals surface area contributed by atoms with Crippen molar-refractivity contribution in [3.05, 3.63) is 65.6 Å². The molecule has 2 aliphatic heterocycles. The summed E-state index contributed by atoms with van der Waals surface area (Å²) >= 11 is 0. The van der Waals surface area contributed by atoms with Gasteiger partial charge in [-0.3, -0.25) is 14.5 Å². The van der Waals surface area contributed by atoms with Gasteiger partial charge in [0.2, 0.25) is 0 Å². The molecule has 31 heavy (non-hydrogen) atoms. The largest absolute Gasteiger partial charge is 0.369 e. The number of piperazine rings is 1. The van der Waals surface area contributed by atoms with Gasteiger partial charge in [-0.2, -0.15) is 0 Å². The molecule has 2 heterocycles. The first-order valence-electron chi connectivity index (χ1n) is 10.7. The zero-order chi connectivity index (χ0) is 22.0. The van der Waals surface area contributed by atoms with Crippen LogP contribution in [0.4, 0.5) is 15.8 Å². The molecule has 0 bridgehead atoms. The number of carbonyl (C=O) groups is 2. The fourth-order valence-electron chi connectivity index (χ4n) is 4.09. The Kier molecular flexibility index (Phi) is 6.04. The fraction of sp³-hybridized carbons (Fsp3) is 0.333. The van der Waals surface area contributed by atoms with Crippen LogP contribution in [0, 0.1) is 5.82 Å². The molecule has 2 amide bonds. The standard InChI is InChI=1S/C24H27FN4O2/c1-3-27-13-15-28(16-14-27)20-11-9-19(10-12-20)26-22-21(17-5-7-18(25)8-6-17)23(30)29(4-2)24(22)31/h5-12,26H,3-4,13-16H2,1-2H3. The van der Waals surface area contributed by atoms with Gasteiger partial charge in [0, 0.05) is 44.1 Å². The van der Waals surface area contributed by atoms with Gasteiger partial charge in [0.05, 0.1) is 5.57 Å². The van der Waals surface area contributed by atoms with Crippen LogP contribution in [0.15, 0.2) is 54.2 Å². The summed E-state index contributed by atoms with van der Waals surface area (Å²) in [5, 5.41) is 3.14. The molecule has 0 atom stereocenters. The number of nitrogens with one attached hydrogen (secondary N) is 1. The van der Waals surface area contributed by atoms with Crippen LogP contribution >= 0.6 is 0 Å². The number of anilines is 2. The van der Waals surface area contributed by atoms with Gasteiger partial charge < -0.3 is 15.1 Å². The van der Waals surface area contributed by atoms with Gasteiger partial charge in [0.1, 0.15) is 11.5 Å². The summed E-state index contributed by atoms with van der Waals surface area (Å²) in [6.07, 6.45) is 0. The van der Waals surface area contributed by atoms with Crippen molar-refractivity contribution < 1.29 is 14.0 Å². The number of imide groups is 1. The van der Waals surface area contributed by atoms with E-state index in [4.69, 9.17) is 0 Å². The van der Waals surface area contributed by atoms with Crippen molar-refractivity contribution in [2.24, 2.45) is 0 Å². The highest BCUT2D eigenvalue weighted by atomic mass is 19.1. The molecule has 2 aliphatic rings. The van der Waals surface area contributed by atoms with Crippen LogP contribution in [0.1, 0.15) is 19.4 Å². The Bertz CT molecular complexity index is 993. The third kappa shape index (κ3) is 4.18. The number of hydrogen-bond acceptors (Lipinski definition) is 5. The second-order valence-electron chi connectivity index (χ2n) is 7.70. The lowest BCUT2D eigenvalue weighted by Crippen LogP contribution is -2.46. The van der Waals surface area contributed by atoms with E-state index in [1.807, 2.05) is 24.3 Å². The molecule has 2 aromatic carbocycles. The maximum Gasteiger partial charge on any atom is 0.278 e. The molecule has 0 spiro atoms. The quantitative estimate of drug-likeness (QED) is 0.725. The normalized spacial score (nSPS) is 17.6. The van der Waals surface area contributed by atoms with E-state index >= 15 is 0 Å². The minimum atomic E-state index is -0.390. The molecule has 1 saturated heterocycles. The minimum Gasteiger partial charge on any atom is -0.369 e. The van der Waals surface area contributed by atoms with Crippen molar-refractivity contribution >= 4 is 28.8 Å². The second-order valence-corrected chi connectivity index (χ2v) is 7.70.